The van der Waals surface area contributed by atoms with Crippen LogP contribution in [0.25, 0.3) is 16.9 Å². The van der Waals surface area contributed by atoms with E-state index in [2.05, 4.69) is 15.4 Å². The number of nitrogens with one attached hydrogen (secondary N) is 1. The molecule has 150 valence electrons. The van der Waals surface area contributed by atoms with Crippen LogP contribution in [0.2, 0.25) is 5.02 Å². The van der Waals surface area contributed by atoms with Crippen molar-refractivity contribution in [3.8, 4) is 16.9 Å². The number of benzene rings is 1. The number of carbonyl (C=O) groups is 1. The highest BCUT2D eigenvalue weighted by Crippen LogP contribution is 2.20. The van der Waals surface area contributed by atoms with Gasteiger partial charge in [0.2, 0.25) is 0 Å². The largest absolute Gasteiger partial charge is 0.394 e. The molecule has 1 atom stereocenters. The average Bonchev–Trinajstić information content (AvgIpc) is 2.72. The predicted molar refractivity (Wildman–Crippen MR) is 103 cm³/mol. The lowest BCUT2D eigenvalue weighted by atomic mass is 10.1. The van der Waals surface area contributed by atoms with Gasteiger partial charge in [-0.3, -0.25) is 14.6 Å². The Kier molecular flexibility index (Phi) is 6.32. The molecule has 8 nitrogen and oxygen atoms in total. The first-order valence-electron chi connectivity index (χ1n) is 8.47. The first-order valence-corrected chi connectivity index (χ1v) is 8.85. The number of halogens is 2. The molecule has 1 unspecified atom stereocenters. The van der Waals surface area contributed by atoms with Gasteiger partial charge in [-0.25, -0.2) is 4.39 Å². The van der Waals surface area contributed by atoms with Gasteiger partial charge >= 0.3 is 0 Å². The highest BCUT2D eigenvalue weighted by molar-refractivity contribution is 6.30. The molecular weight excluding hydrogens is 403 g/mol. The molecule has 0 radical (unpaired) electrons. The first kappa shape index (κ1) is 20.6. The number of nitrogens with zero attached hydrogens (tertiary/aromatic N) is 3. The Morgan fingerprint density at radius 1 is 1.24 bits per heavy atom. The molecule has 1 amide bonds. The third-order valence-electron chi connectivity index (χ3n) is 3.94. The van der Waals surface area contributed by atoms with Crippen LogP contribution in [-0.4, -0.2) is 50.1 Å². The number of hydrogen-bond acceptors (Lipinski definition) is 6. The third-order valence-corrected chi connectivity index (χ3v) is 4.19. The summed E-state index contributed by atoms with van der Waals surface area (Å²) in [5, 5.41) is 25.4. The summed E-state index contributed by atoms with van der Waals surface area (Å²) in [6, 6.07) is 8.89. The lowest BCUT2D eigenvalue weighted by Gasteiger charge is -2.12. The Labute approximate surface area is 169 Å². The first-order chi connectivity index (χ1) is 13.9. The SMILES string of the molecule is O=C(NCC(O)CO)c1cc(-c2ccc(Cl)cc2)nn(-c2cncc(F)c2)c1=O. The van der Waals surface area contributed by atoms with E-state index < -0.39 is 30.0 Å². The number of rotatable bonds is 6. The number of aromatic nitrogens is 3. The van der Waals surface area contributed by atoms with Crippen LogP contribution in [0.5, 0.6) is 0 Å². The number of aliphatic hydroxyl groups excluding tert-OH is 2. The summed E-state index contributed by atoms with van der Waals surface area (Å²) in [7, 11) is 0. The molecule has 0 aliphatic rings. The summed E-state index contributed by atoms with van der Waals surface area (Å²) in [5.41, 5.74) is -0.212. The van der Waals surface area contributed by atoms with Crippen LogP contribution in [-0.2, 0) is 0 Å². The summed E-state index contributed by atoms with van der Waals surface area (Å²) < 4.78 is 14.5. The fourth-order valence-electron chi connectivity index (χ4n) is 2.48. The van der Waals surface area contributed by atoms with Gasteiger partial charge in [0.1, 0.15) is 11.4 Å². The van der Waals surface area contributed by atoms with Crippen molar-refractivity contribution in [2.75, 3.05) is 13.2 Å². The van der Waals surface area contributed by atoms with E-state index >= 15 is 0 Å². The smallest absolute Gasteiger partial charge is 0.284 e. The normalized spacial score (nSPS) is 11.9. The molecule has 3 N–H and O–H groups in total. The van der Waals surface area contributed by atoms with Gasteiger partial charge in [-0.1, -0.05) is 23.7 Å². The Bertz CT molecular complexity index is 1090. The van der Waals surface area contributed by atoms with Crippen molar-refractivity contribution >= 4 is 17.5 Å². The maximum Gasteiger partial charge on any atom is 0.284 e. The Morgan fingerprint density at radius 2 is 1.97 bits per heavy atom. The zero-order chi connectivity index (χ0) is 21.0. The van der Waals surface area contributed by atoms with E-state index in [0.717, 1.165) is 16.9 Å². The number of pyridine rings is 1. The zero-order valence-electron chi connectivity index (χ0n) is 14.9. The van der Waals surface area contributed by atoms with Crippen molar-refractivity contribution in [2.45, 2.75) is 6.10 Å². The van der Waals surface area contributed by atoms with E-state index in [0.29, 0.717) is 10.6 Å². The molecule has 0 fully saturated rings. The summed E-state index contributed by atoms with van der Waals surface area (Å²) in [6.45, 7) is -0.805. The van der Waals surface area contributed by atoms with Crippen molar-refractivity contribution in [1.82, 2.24) is 20.1 Å². The Morgan fingerprint density at radius 3 is 2.62 bits per heavy atom. The summed E-state index contributed by atoms with van der Waals surface area (Å²) in [4.78, 5) is 29.1. The van der Waals surface area contributed by atoms with Crippen LogP contribution >= 0.6 is 11.6 Å². The van der Waals surface area contributed by atoms with Gasteiger partial charge in [-0.2, -0.15) is 9.78 Å². The number of hydrogen-bond donors (Lipinski definition) is 3. The summed E-state index contributed by atoms with van der Waals surface area (Å²) in [6.07, 6.45) is 1.04. The second kappa shape index (κ2) is 8.91. The van der Waals surface area contributed by atoms with Crippen molar-refractivity contribution < 1.29 is 19.4 Å². The van der Waals surface area contributed by atoms with Gasteiger partial charge in [-0.05, 0) is 18.2 Å². The molecule has 1 aromatic carbocycles. The average molecular weight is 419 g/mol. The van der Waals surface area contributed by atoms with Crippen LogP contribution < -0.4 is 10.9 Å². The van der Waals surface area contributed by atoms with Crippen LogP contribution in [0.4, 0.5) is 4.39 Å². The molecule has 0 aliphatic heterocycles. The monoisotopic (exact) mass is 418 g/mol. The minimum Gasteiger partial charge on any atom is -0.394 e. The predicted octanol–water partition coefficient (Wildman–Crippen LogP) is 1.17. The summed E-state index contributed by atoms with van der Waals surface area (Å²) >= 11 is 5.90. The molecule has 29 heavy (non-hydrogen) atoms. The topological polar surface area (TPSA) is 117 Å². The lowest BCUT2D eigenvalue weighted by Crippen LogP contribution is -2.38. The van der Waals surface area contributed by atoms with Gasteiger partial charge in [-0.15, -0.1) is 0 Å². The van der Waals surface area contributed by atoms with Crippen LogP contribution in [0.3, 0.4) is 0 Å². The standard InChI is InChI=1S/C19H16ClFN4O4/c20-12-3-1-11(2-4-12)17-6-16(18(28)23-9-15(27)10-26)19(29)25(24-17)14-5-13(21)7-22-8-14/h1-8,15,26-27H,9-10H2,(H,23,28). The Balaban J connectivity index is 2.12. The second-order valence-electron chi connectivity index (χ2n) is 6.07. The molecular formula is C19H16ClFN4O4. The van der Waals surface area contributed by atoms with Crippen molar-refractivity contribution in [3.05, 3.63) is 75.5 Å². The number of amides is 1. The molecule has 2 heterocycles. The van der Waals surface area contributed by atoms with E-state index in [1.807, 2.05) is 0 Å². The van der Waals surface area contributed by atoms with Crippen molar-refractivity contribution in [3.63, 3.8) is 0 Å². The van der Waals surface area contributed by atoms with Crippen molar-refractivity contribution in [2.24, 2.45) is 0 Å². The zero-order valence-corrected chi connectivity index (χ0v) is 15.7. The molecule has 0 spiro atoms. The van der Waals surface area contributed by atoms with E-state index in [1.165, 1.54) is 12.3 Å². The van der Waals surface area contributed by atoms with Gasteiger partial charge in [0.05, 0.1) is 36.5 Å². The third kappa shape index (κ3) is 4.83. The molecule has 3 rings (SSSR count). The second-order valence-corrected chi connectivity index (χ2v) is 6.51. The fraction of sp³-hybridized carbons (Fsp3) is 0.158. The molecule has 0 saturated carbocycles. The van der Waals surface area contributed by atoms with Gasteiger partial charge in [0.15, 0.2) is 0 Å². The number of carbonyl (C=O) groups excluding carboxylic acids is 1. The maximum absolute atomic E-state index is 13.6. The van der Waals surface area contributed by atoms with Gasteiger partial charge in [0, 0.05) is 23.2 Å². The minimum atomic E-state index is -1.17. The van der Waals surface area contributed by atoms with Crippen molar-refractivity contribution in [1.29, 1.82) is 0 Å². The van der Waals surface area contributed by atoms with Crippen LogP contribution in [0, 0.1) is 5.82 Å². The summed E-state index contributed by atoms with van der Waals surface area (Å²) in [5.74, 6) is -1.46. The molecule has 10 heteroatoms. The maximum atomic E-state index is 13.6. The minimum absolute atomic E-state index is 0.0373. The van der Waals surface area contributed by atoms with E-state index in [-0.39, 0.29) is 23.5 Å². The number of aliphatic hydroxyl groups is 2. The van der Waals surface area contributed by atoms with Crippen LogP contribution in [0.15, 0.2) is 53.6 Å². The lowest BCUT2D eigenvalue weighted by molar-refractivity contribution is 0.0800. The van der Waals surface area contributed by atoms with Crippen LogP contribution in [0.1, 0.15) is 10.4 Å². The molecule has 0 aliphatic carbocycles. The van der Waals surface area contributed by atoms with Gasteiger partial charge < -0.3 is 15.5 Å². The highest BCUT2D eigenvalue weighted by Gasteiger charge is 2.18. The van der Waals surface area contributed by atoms with E-state index in [4.69, 9.17) is 16.7 Å². The molecule has 0 saturated heterocycles. The molecule has 2 aromatic heterocycles. The molecule has 3 aromatic rings. The fourth-order valence-corrected chi connectivity index (χ4v) is 2.61. The van der Waals surface area contributed by atoms with E-state index in [1.54, 1.807) is 24.3 Å². The highest BCUT2D eigenvalue weighted by atomic mass is 35.5. The van der Waals surface area contributed by atoms with Gasteiger partial charge in [0.25, 0.3) is 11.5 Å². The molecule has 0 bridgehead atoms. The quantitative estimate of drug-likeness (QED) is 0.553. The van der Waals surface area contributed by atoms with E-state index in [9.17, 15) is 19.1 Å². The Hall–Kier alpha value is -3.14.